The Morgan fingerprint density at radius 2 is 1.43 bits per heavy atom. The van der Waals surface area contributed by atoms with Crippen molar-refractivity contribution in [1.82, 2.24) is 7.60 Å². The predicted octanol–water partition coefficient (Wildman–Crippen LogP) is 5.61. The van der Waals surface area contributed by atoms with Gasteiger partial charge in [0.2, 0.25) is 0 Å². The molecule has 0 bridgehead atoms. The zero-order valence-corrected chi connectivity index (χ0v) is 29.3. The molecule has 1 rings (SSSR count). The zero-order valence-electron chi connectivity index (χ0n) is 18.4. The van der Waals surface area contributed by atoms with Crippen LogP contribution in [0.25, 0.3) is 0 Å². The van der Waals surface area contributed by atoms with E-state index >= 15 is 0 Å². The van der Waals surface area contributed by atoms with Crippen molar-refractivity contribution in [3.8, 4) is 0 Å². The molecule has 1 heterocycles. The molecule has 1 saturated heterocycles. The van der Waals surface area contributed by atoms with E-state index in [1.54, 1.807) is 0 Å². The molecule has 2 N–H and O–H groups in total. The monoisotopic (exact) mass is 644 g/mol. The molecule has 0 aromatic carbocycles. The summed E-state index contributed by atoms with van der Waals surface area (Å²) in [7, 11) is 8.55. The summed E-state index contributed by atoms with van der Waals surface area (Å²) in [5.74, 6) is 0.281. The average Bonchev–Trinajstić information content (AvgIpc) is 2.42. The predicted molar refractivity (Wildman–Crippen MR) is 97.2 cm³/mol. The van der Waals surface area contributed by atoms with Gasteiger partial charge in [0.1, 0.15) is 0 Å². The Hall–Kier alpha value is 3.81. The molecule has 1 aliphatic heterocycles. The van der Waals surface area contributed by atoms with Gasteiger partial charge in [0, 0.05) is 0 Å². The number of nitrogens with one attached hydrogen (secondary N) is 2. The van der Waals surface area contributed by atoms with E-state index in [9.17, 15) is 9.59 Å². The van der Waals surface area contributed by atoms with Crippen molar-refractivity contribution in [3.63, 3.8) is 0 Å². The zero-order chi connectivity index (χ0) is 22.0. The summed E-state index contributed by atoms with van der Waals surface area (Å²) in [5.41, 5.74) is 0. The summed E-state index contributed by atoms with van der Waals surface area (Å²) in [5, 5.41) is 0. The van der Waals surface area contributed by atoms with Crippen molar-refractivity contribution in [1.29, 1.82) is 0 Å². The first-order valence-electron chi connectivity index (χ1n) is 9.91. The van der Waals surface area contributed by atoms with Gasteiger partial charge in [-0.05, 0) is 0 Å². The topological polar surface area (TPSA) is 58.2 Å². The summed E-state index contributed by atoms with van der Waals surface area (Å²) in [6.07, 6.45) is 2.80. The molecule has 158 valence electrons. The van der Waals surface area contributed by atoms with Gasteiger partial charge in [0.05, 0.1) is 0 Å². The number of hydrogen-bond acceptors (Lipinski definition) is 2. The normalized spacial score (nSPS) is 21.8. The van der Waals surface area contributed by atoms with E-state index in [4.69, 9.17) is 18.6 Å². The van der Waals surface area contributed by atoms with Crippen molar-refractivity contribution < 1.29 is 76.7 Å². The van der Waals surface area contributed by atoms with Crippen LogP contribution in [-0.2, 0) is 76.7 Å². The van der Waals surface area contributed by atoms with Crippen molar-refractivity contribution in [2.45, 2.75) is 88.5 Å². The molecule has 0 aromatic rings. The molecule has 0 radical (unpaired) electrons. The number of rotatable bonds is 6. The Bertz CT molecular complexity index is 593. The minimum absolute atomic E-state index is 0.0652. The summed E-state index contributed by atoms with van der Waals surface area (Å²) < 4.78 is 7.43. The fourth-order valence-corrected chi connectivity index (χ4v) is 491. The van der Waals surface area contributed by atoms with Gasteiger partial charge in [-0.25, -0.2) is 0 Å². The first-order chi connectivity index (χ1) is 12.5. The third-order valence-corrected chi connectivity index (χ3v) is 219. The van der Waals surface area contributed by atoms with Crippen LogP contribution in [0.15, 0.2) is 0 Å². The SMILES string of the molecule is CCCC(=O)[NH][Ti]1[Ti][Ti]([C](C)(C)C)([C](C)(C)C)[Ti][Ti]([Cl])([Cl])([NH]C(=O)CCC)[Ti]1. The first-order valence-corrected chi connectivity index (χ1v) is 41.3. The Balaban J connectivity index is 3.45. The Kier molecular flexibility index (Phi) is 11.8. The second-order valence-electron chi connectivity index (χ2n) is 9.61. The number of amides is 2. The van der Waals surface area contributed by atoms with Crippen molar-refractivity contribution in [2.24, 2.45) is 0 Å². The van der Waals surface area contributed by atoms with Gasteiger partial charge in [0.15, 0.2) is 0 Å². The van der Waals surface area contributed by atoms with E-state index in [1.807, 2.05) is 13.8 Å². The molecule has 0 unspecified atom stereocenters. The van der Waals surface area contributed by atoms with Crippen LogP contribution >= 0.6 is 18.6 Å². The number of halogens is 2. The van der Waals surface area contributed by atoms with Crippen LogP contribution in [0.4, 0.5) is 0 Å². The molecular weight excluding hydrogens is 610 g/mol. The van der Waals surface area contributed by atoms with E-state index in [2.05, 4.69) is 49.1 Å². The molecule has 0 aromatic heterocycles. The third-order valence-electron chi connectivity index (χ3n) is 4.89. The van der Waals surface area contributed by atoms with Crippen molar-refractivity contribution in [3.05, 3.63) is 0 Å². The number of carbonyl (C=O) groups excluding carboxylic acids is 2. The fraction of sp³-hybridized carbons (Fsp3) is 0.875. The van der Waals surface area contributed by atoms with Crippen LogP contribution in [0.1, 0.15) is 81.1 Å². The molecule has 0 spiro atoms. The second kappa shape index (κ2) is 11.0. The quantitative estimate of drug-likeness (QED) is 0.370. The van der Waals surface area contributed by atoms with Crippen LogP contribution in [-0.4, -0.2) is 11.8 Å². The number of carbonyl (C=O) groups is 2. The first kappa shape index (κ1) is 29.8. The van der Waals surface area contributed by atoms with Crippen LogP contribution in [0.5, 0.6) is 0 Å². The molecule has 0 saturated carbocycles. The average molecular weight is 645 g/mol. The third kappa shape index (κ3) is 7.94. The van der Waals surface area contributed by atoms with Gasteiger partial charge < -0.3 is 0 Å². The summed E-state index contributed by atoms with van der Waals surface area (Å²) in [4.78, 5) is 25.1. The standard InChI is InChI=1S/2C4H9NO.2C4H9.2ClH.6Ti/c2*1-2-3-4(5)6;2*1-4(2)3;;;;;;;;/h2*2-3H2,1H3,(H2,5,6);2*1-3H3;2*1H;;;;;;/q;;;;;;;;;;+1;+3/p-4. The molecule has 0 atom stereocenters. The Labute approximate surface area is 199 Å². The van der Waals surface area contributed by atoms with Gasteiger partial charge in [-0.2, -0.15) is 0 Å². The number of hydrogen-bond donors (Lipinski definition) is 2. The Morgan fingerprint density at radius 1 is 0.964 bits per heavy atom. The van der Waals surface area contributed by atoms with Crippen LogP contribution in [0.3, 0.4) is 0 Å². The van der Waals surface area contributed by atoms with E-state index in [1.165, 1.54) is 0 Å². The molecule has 2 amide bonds. The van der Waals surface area contributed by atoms with Crippen molar-refractivity contribution in [2.75, 3.05) is 0 Å². The van der Waals surface area contributed by atoms with E-state index in [0.717, 1.165) is 12.8 Å². The molecular formula is C16H34Cl2N2O2Ti6. The van der Waals surface area contributed by atoms with Gasteiger partial charge >= 0.3 is 203 Å². The van der Waals surface area contributed by atoms with Gasteiger partial charge in [-0.3, -0.25) is 0 Å². The molecule has 12 heteroatoms. The maximum absolute atomic E-state index is 12.6. The molecule has 0 aliphatic carbocycles. The van der Waals surface area contributed by atoms with E-state index < -0.39 is 54.4 Å². The molecule has 1 fully saturated rings. The minimum atomic E-state index is -4.00. The summed E-state index contributed by atoms with van der Waals surface area (Å²) in [6.45, 7) is 18.5. The van der Waals surface area contributed by atoms with E-state index in [-0.39, 0.29) is 32.0 Å². The van der Waals surface area contributed by atoms with Gasteiger partial charge in [-0.15, -0.1) is 0 Å². The van der Waals surface area contributed by atoms with Gasteiger partial charge in [0.25, 0.3) is 0 Å². The Morgan fingerprint density at radius 3 is 1.86 bits per heavy atom. The summed E-state index contributed by atoms with van der Waals surface area (Å²) >= 11 is -3.12. The maximum atomic E-state index is 12.6. The summed E-state index contributed by atoms with van der Waals surface area (Å²) in [6, 6.07) is 0. The van der Waals surface area contributed by atoms with Crippen LogP contribution < -0.4 is 7.60 Å². The van der Waals surface area contributed by atoms with Crippen LogP contribution in [0, 0.1) is 0 Å². The second-order valence-corrected chi connectivity index (χ2v) is 107. The fourth-order valence-electron chi connectivity index (χ4n) is 3.79. The van der Waals surface area contributed by atoms with Crippen molar-refractivity contribution >= 4 is 30.4 Å². The molecule has 4 nitrogen and oxygen atoms in total. The van der Waals surface area contributed by atoms with E-state index in [0.29, 0.717) is 12.8 Å². The van der Waals surface area contributed by atoms with Crippen LogP contribution in [0.2, 0.25) is 7.44 Å². The van der Waals surface area contributed by atoms with Gasteiger partial charge in [-0.1, -0.05) is 0 Å². The molecule has 1 aliphatic rings. The molecule has 28 heavy (non-hydrogen) atoms.